The van der Waals surface area contributed by atoms with Crippen LogP contribution in [0.5, 0.6) is 0 Å². The van der Waals surface area contributed by atoms with Gasteiger partial charge in [0.15, 0.2) is 0 Å². The molecule has 9 heteroatoms. The summed E-state index contributed by atoms with van der Waals surface area (Å²) in [6.07, 6.45) is -4.89. The molecular weight excluding hydrogens is 304 g/mol. The maximum absolute atomic E-state index is 13.0. The molecule has 0 spiro atoms. The average Bonchev–Trinajstić information content (AvgIpc) is 2.29. The van der Waals surface area contributed by atoms with Gasteiger partial charge in [0.1, 0.15) is 11.2 Å². The van der Waals surface area contributed by atoms with E-state index in [9.17, 15) is 27.2 Å². The minimum atomic E-state index is -4.89. The Morgan fingerprint density at radius 3 is 2.40 bits per heavy atom. The molecule has 3 amide bonds. The SMILES string of the molecule is CC(Cl)C(=O)NC(=O)Nc1ccc(F)c(C(F)(F)F)c1. The number of benzene rings is 1. The molecule has 1 aromatic carbocycles. The van der Waals surface area contributed by atoms with Gasteiger partial charge in [0.25, 0.3) is 0 Å². The van der Waals surface area contributed by atoms with Crippen LogP contribution in [0.15, 0.2) is 18.2 Å². The Hall–Kier alpha value is -1.83. The first-order valence-electron chi connectivity index (χ1n) is 5.24. The predicted molar refractivity (Wildman–Crippen MR) is 63.9 cm³/mol. The van der Waals surface area contributed by atoms with Gasteiger partial charge in [0.2, 0.25) is 5.91 Å². The van der Waals surface area contributed by atoms with Crippen LogP contribution in [0.4, 0.5) is 28.0 Å². The normalized spacial score (nSPS) is 12.7. The van der Waals surface area contributed by atoms with E-state index in [0.717, 1.165) is 6.07 Å². The van der Waals surface area contributed by atoms with Crippen molar-refractivity contribution in [3.63, 3.8) is 0 Å². The third-order valence-corrected chi connectivity index (χ3v) is 2.33. The number of hydrogen-bond acceptors (Lipinski definition) is 2. The largest absolute Gasteiger partial charge is 0.419 e. The number of carbonyl (C=O) groups is 2. The molecule has 0 heterocycles. The van der Waals surface area contributed by atoms with Crippen LogP contribution in [0.25, 0.3) is 0 Å². The van der Waals surface area contributed by atoms with Crippen molar-refractivity contribution in [1.29, 1.82) is 0 Å². The molecule has 1 rings (SSSR count). The van der Waals surface area contributed by atoms with Crippen LogP contribution in [0.1, 0.15) is 12.5 Å². The van der Waals surface area contributed by atoms with Crippen LogP contribution in [-0.2, 0) is 11.0 Å². The summed E-state index contributed by atoms with van der Waals surface area (Å²) in [7, 11) is 0. The molecule has 0 aliphatic carbocycles. The smallest absolute Gasteiger partial charge is 0.308 e. The molecule has 0 saturated carbocycles. The van der Waals surface area contributed by atoms with Crippen molar-refractivity contribution >= 4 is 29.2 Å². The molecule has 20 heavy (non-hydrogen) atoms. The predicted octanol–water partition coefficient (Wildman–Crippen LogP) is 3.12. The first kappa shape index (κ1) is 16.2. The van der Waals surface area contributed by atoms with E-state index in [1.165, 1.54) is 6.92 Å². The van der Waals surface area contributed by atoms with Gasteiger partial charge in [-0.2, -0.15) is 13.2 Å². The van der Waals surface area contributed by atoms with E-state index in [1.807, 2.05) is 5.32 Å². The maximum atomic E-state index is 13.0. The van der Waals surface area contributed by atoms with Gasteiger partial charge in [-0.25, -0.2) is 9.18 Å². The Kier molecular flexibility index (Phi) is 4.93. The van der Waals surface area contributed by atoms with Gasteiger partial charge in [-0.15, -0.1) is 11.6 Å². The number of carbonyl (C=O) groups excluding carboxylic acids is 2. The lowest BCUT2D eigenvalue weighted by Gasteiger charge is -2.11. The molecule has 1 aromatic rings. The number of imide groups is 1. The van der Waals surface area contributed by atoms with E-state index in [4.69, 9.17) is 11.6 Å². The molecule has 0 radical (unpaired) electrons. The second-order valence-corrected chi connectivity index (χ2v) is 4.41. The highest BCUT2D eigenvalue weighted by molar-refractivity contribution is 6.31. The fourth-order valence-electron chi connectivity index (χ4n) is 1.19. The summed E-state index contributed by atoms with van der Waals surface area (Å²) < 4.78 is 50.3. The molecular formula is C11H9ClF4N2O2. The molecule has 0 aliphatic heterocycles. The third-order valence-electron chi connectivity index (χ3n) is 2.13. The minimum Gasteiger partial charge on any atom is -0.308 e. The van der Waals surface area contributed by atoms with Gasteiger partial charge >= 0.3 is 12.2 Å². The number of anilines is 1. The van der Waals surface area contributed by atoms with Crippen molar-refractivity contribution in [2.24, 2.45) is 0 Å². The number of rotatable bonds is 2. The second-order valence-electron chi connectivity index (χ2n) is 3.75. The van der Waals surface area contributed by atoms with Gasteiger partial charge in [0.05, 0.1) is 5.56 Å². The van der Waals surface area contributed by atoms with Crippen molar-refractivity contribution < 1.29 is 27.2 Å². The van der Waals surface area contributed by atoms with Crippen LogP contribution < -0.4 is 10.6 Å². The standard InChI is InChI=1S/C11H9ClF4N2O2/c1-5(12)9(19)18-10(20)17-6-2-3-8(13)7(4-6)11(14,15)16/h2-5H,1H3,(H2,17,18,19,20). The van der Waals surface area contributed by atoms with Crippen molar-refractivity contribution in [2.75, 3.05) is 5.32 Å². The highest BCUT2D eigenvalue weighted by Gasteiger charge is 2.34. The van der Waals surface area contributed by atoms with Crippen LogP contribution in [0, 0.1) is 5.82 Å². The first-order valence-corrected chi connectivity index (χ1v) is 5.67. The van der Waals surface area contributed by atoms with Gasteiger partial charge in [0, 0.05) is 5.69 Å². The van der Waals surface area contributed by atoms with Crippen molar-refractivity contribution in [3.8, 4) is 0 Å². The van der Waals surface area contributed by atoms with Crippen LogP contribution in [0.3, 0.4) is 0 Å². The lowest BCUT2D eigenvalue weighted by molar-refractivity contribution is -0.140. The Labute approximate surface area is 116 Å². The Bertz CT molecular complexity index is 532. The molecule has 0 bridgehead atoms. The summed E-state index contributed by atoms with van der Waals surface area (Å²) in [5, 5.41) is 2.79. The molecule has 1 atom stereocenters. The summed E-state index contributed by atoms with van der Waals surface area (Å²) in [5.74, 6) is -2.28. The summed E-state index contributed by atoms with van der Waals surface area (Å²) in [6, 6.07) is 0.842. The van der Waals surface area contributed by atoms with E-state index in [0.29, 0.717) is 12.1 Å². The van der Waals surface area contributed by atoms with Crippen molar-refractivity contribution in [1.82, 2.24) is 5.32 Å². The fourth-order valence-corrected chi connectivity index (χ4v) is 1.25. The third kappa shape index (κ3) is 4.37. The monoisotopic (exact) mass is 312 g/mol. The van der Waals surface area contributed by atoms with E-state index in [-0.39, 0.29) is 5.69 Å². The van der Waals surface area contributed by atoms with Crippen LogP contribution in [0.2, 0.25) is 0 Å². The lowest BCUT2D eigenvalue weighted by Crippen LogP contribution is -2.38. The molecule has 0 fully saturated rings. The number of alkyl halides is 4. The zero-order valence-electron chi connectivity index (χ0n) is 10.0. The van der Waals surface area contributed by atoms with Gasteiger partial charge in [-0.05, 0) is 25.1 Å². The van der Waals surface area contributed by atoms with E-state index in [2.05, 4.69) is 0 Å². The zero-order valence-corrected chi connectivity index (χ0v) is 10.8. The van der Waals surface area contributed by atoms with E-state index >= 15 is 0 Å². The molecule has 2 N–H and O–H groups in total. The molecule has 0 aromatic heterocycles. The second kappa shape index (κ2) is 6.08. The Morgan fingerprint density at radius 1 is 1.30 bits per heavy atom. The number of hydrogen-bond donors (Lipinski definition) is 2. The molecule has 0 aliphatic rings. The van der Waals surface area contributed by atoms with Gasteiger partial charge in [-0.1, -0.05) is 0 Å². The first-order chi connectivity index (χ1) is 9.11. The molecule has 1 unspecified atom stereocenters. The number of urea groups is 1. The molecule has 0 saturated heterocycles. The number of halogens is 5. The summed E-state index contributed by atoms with van der Waals surface area (Å²) in [5.41, 5.74) is -1.83. The summed E-state index contributed by atoms with van der Waals surface area (Å²) >= 11 is 5.39. The summed E-state index contributed by atoms with van der Waals surface area (Å²) in [4.78, 5) is 22.4. The van der Waals surface area contributed by atoms with Crippen LogP contribution >= 0.6 is 11.6 Å². The van der Waals surface area contributed by atoms with Crippen molar-refractivity contribution in [3.05, 3.63) is 29.6 Å². The van der Waals surface area contributed by atoms with E-state index in [1.54, 1.807) is 5.32 Å². The van der Waals surface area contributed by atoms with Crippen LogP contribution in [-0.4, -0.2) is 17.3 Å². The highest BCUT2D eigenvalue weighted by Crippen LogP contribution is 2.32. The lowest BCUT2D eigenvalue weighted by atomic mass is 10.2. The molecule has 4 nitrogen and oxygen atoms in total. The van der Waals surface area contributed by atoms with Gasteiger partial charge in [-0.3, -0.25) is 10.1 Å². The summed E-state index contributed by atoms with van der Waals surface area (Å²) in [6.45, 7) is 1.31. The number of amides is 3. The topological polar surface area (TPSA) is 58.2 Å². The number of nitrogens with one attached hydrogen (secondary N) is 2. The minimum absolute atomic E-state index is 0.314. The average molecular weight is 313 g/mol. The Morgan fingerprint density at radius 2 is 1.90 bits per heavy atom. The van der Waals surface area contributed by atoms with Crippen molar-refractivity contribution in [2.45, 2.75) is 18.5 Å². The van der Waals surface area contributed by atoms with Gasteiger partial charge < -0.3 is 5.32 Å². The zero-order chi connectivity index (χ0) is 15.5. The quantitative estimate of drug-likeness (QED) is 0.651. The Balaban J connectivity index is 2.84. The maximum Gasteiger partial charge on any atom is 0.419 e. The van der Waals surface area contributed by atoms with E-state index < -0.39 is 34.9 Å². The fraction of sp³-hybridized carbons (Fsp3) is 0.273. The molecule has 110 valence electrons. The highest BCUT2D eigenvalue weighted by atomic mass is 35.5.